The highest BCUT2D eigenvalue weighted by atomic mass is 19.1. The third-order valence-electron chi connectivity index (χ3n) is 4.52. The van der Waals surface area contributed by atoms with Gasteiger partial charge in [0.25, 0.3) is 0 Å². The number of carbonyl (C=O) groups excluding carboxylic acids is 1. The van der Waals surface area contributed by atoms with E-state index in [9.17, 15) is 19.1 Å². The average Bonchev–Trinajstić information content (AvgIpc) is 2.81. The molecule has 126 valence electrons. The van der Waals surface area contributed by atoms with Crippen LogP contribution in [0, 0.1) is 17.7 Å². The van der Waals surface area contributed by atoms with Crippen molar-refractivity contribution in [1.82, 2.24) is 5.32 Å². The summed E-state index contributed by atoms with van der Waals surface area (Å²) in [6.45, 7) is 0.0407. The number of rotatable bonds is 6. The lowest BCUT2D eigenvalue weighted by Gasteiger charge is -2.17. The summed E-state index contributed by atoms with van der Waals surface area (Å²) in [4.78, 5) is 23.6. The number of amides is 1. The van der Waals surface area contributed by atoms with Crippen molar-refractivity contribution in [3.63, 3.8) is 0 Å². The molecule has 1 saturated carbocycles. The summed E-state index contributed by atoms with van der Waals surface area (Å²) < 4.78 is 13.7. The number of carbonyl (C=O) groups is 2. The summed E-state index contributed by atoms with van der Waals surface area (Å²) in [7, 11) is 0. The van der Waals surface area contributed by atoms with E-state index in [4.69, 9.17) is 0 Å². The highest BCUT2D eigenvalue weighted by molar-refractivity contribution is 5.79. The van der Waals surface area contributed by atoms with Crippen LogP contribution in [0.1, 0.15) is 44.1 Å². The molecule has 0 spiro atoms. The van der Waals surface area contributed by atoms with Gasteiger partial charge in [-0.25, -0.2) is 4.39 Å². The Balaban J connectivity index is 1.90. The van der Waals surface area contributed by atoms with E-state index in [2.05, 4.69) is 5.32 Å². The Kier molecular flexibility index (Phi) is 6.56. The molecule has 1 aromatic carbocycles. The van der Waals surface area contributed by atoms with Gasteiger partial charge in [-0.3, -0.25) is 9.59 Å². The molecule has 0 bridgehead atoms. The van der Waals surface area contributed by atoms with Gasteiger partial charge >= 0.3 is 5.97 Å². The van der Waals surface area contributed by atoms with Crippen molar-refractivity contribution in [2.24, 2.45) is 11.8 Å². The molecular formula is C18H24FNO3. The van der Waals surface area contributed by atoms with Crippen LogP contribution in [0.25, 0.3) is 0 Å². The van der Waals surface area contributed by atoms with Crippen molar-refractivity contribution in [1.29, 1.82) is 0 Å². The Bertz CT molecular complexity index is 539. The van der Waals surface area contributed by atoms with Crippen LogP contribution in [-0.4, -0.2) is 23.5 Å². The lowest BCUT2D eigenvalue weighted by Crippen LogP contribution is -2.37. The van der Waals surface area contributed by atoms with Crippen LogP contribution in [0.15, 0.2) is 24.3 Å². The molecule has 0 heterocycles. The van der Waals surface area contributed by atoms with Gasteiger partial charge in [-0.15, -0.1) is 0 Å². The Morgan fingerprint density at radius 2 is 1.83 bits per heavy atom. The molecular weight excluding hydrogens is 297 g/mol. The Hall–Kier alpha value is -1.91. The van der Waals surface area contributed by atoms with E-state index in [0.29, 0.717) is 5.56 Å². The minimum atomic E-state index is -1.02. The highest BCUT2D eigenvalue weighted by Gasteiger charge is 2.24. The molecule has 0 aliphatic heterocycles. The third-order valence-corrected chi connectivity index (χ3v) is 4.52. The van der Waals surface area contributed by atoms with Gasteiger partial charge in [0.2, 0.25) is 5.91 Å². The maximum absolute atomic E-state index is 13.7. The van der Waals surface area contributed by atoms with E-state index >= 15 is 0 Å². The highest BCUT2D eigenvalue weighted by Crippen LogP contribution is 2.23. The van der Waals surface area contributed by atoms with E-state index in [1.54, 1.807) is 18.2 Å². The van der Waals surface area contributed by atoms with E-state index < -0.39 is 17.7 Å². The van der Waals surface area contributed by atoms with Crippen LogP contribution < -0.4 is 5.32 Å². The van der Waals surface area contributed by atoms with Gasteiger partial charge in [-0.1, -0.05) is 43.9 Å². The molecule has 1 atom stereocenters. The van der Waals surface area contributed by atoms with Crippen LogP contribution in [0.5, 0.6) is 0 Å². The molecule has 1 fully saturated rings. The number of hydrogen-bond acceptors (Lipinski definition) is 2. The molecule has 2 N–H and O–H groups in total. The maximum atomic E-state index is 13.7. The summed E-state index contributed by atoms with van der Waals surface area (Å²) >= 11 is 0. The van der Waals surface area contributed by atoms with Gasteiger partial charge in [0.1, 0.15) is 5.82 Å². The fourth-order valence-electron chi connectivity index (χ4n) is 3.09. The van der Waals surface area contributed by atoms with Crippen LogP contribution >= 0.6 is 0 Å². The Morgan fingerprint density at radius 3 is 2.43 bits per heavy atom. The molecule has 5 heteroatoms. The lowest BCUT2D eigenvalue weighted by atomic mass is 9.97. The Labute approximate surface area is 136 Å². The van der Waals surface area contributed by atoms with E-state index in [1.165, 1.54) is 6.07 Å². The first-order chi connectivity index (χ1) is 11.1. The molecule has 1 amide bonds. The Morgan fingerprint density at radius 1 is 1.17 bits per heavy atom. The zero-order valence-corrected chi connectivity index (χ0v) is 13.3. The van der Waals surface area contributed by atoms with Crippen LogP contribution in [0.4, 0.5) is 4.39 Å². The van der Waals surface area contributed by atoms with Crippen LogP contribution in [0.3, 0.4) is 0 Å². The van der Waals surface area contributed by atoms with Crippen molar-refractivity contribution in [3.05, 3.63) is 35.6 Å². The van der Waals surface area contributed by atoms with Gasteiger partial charge in [0.15, 0.2) is 0 Å². The second-order valence-electron chi connectivity index (χ2n) is 6.26. The molecule has 23 heavy (non-hydrogen) atoms. The SMILES string of the molecule is O=C(O)C(CNC(=O)C1CCCCCC1)Cc1ccccc1F. The first-order valence-corrected chi connectivity index (χ1v) is 8.32. The van der Waals surface area contributed by atoms with Crippen molar-refractivity contribution >= 4 is 11.9 Å². The summed E-state index contributed by atoms with van der Waals surface area (Å²) in [6, 6.07) is 6.15. The monoisotopic (exact) mass is 321 g/mol. The predicted molar refractivity (Wildman–Crippen MR) is 85.4 cm³/mol. The lowest BCUT2D eigenvalue weighted by molar-refractivity contribution is -0.141. The number of halogens is 1. The van der Waals surface area contributed by atoms with Crippen molar-refractivity contribution in [3.8, 4) is 0 Å². The molecule has 1 aliphatic rings. The normalized spacial score (nSPS) is 17.3. The van der Waals surface area contributed by atoms with Crippen molar-refractivity contribution < 1.29 is 19.1 Å². The van der Waals surface area contributed by atoms with Gasteiger partial charge in [0.05, 0.1) is 5.92 Å². The molecule has 1 unspecified atom stereocenters. The standard InChI is InChI=1S/C18H24FNO3/c19-16-10-6-5-9-14(16)11-15(18(22)23)12-20-17(21)13-7-3-1-2-4-8-13/h5-6,9-10,13,15H,1-4,7-8,11-12H2,(H,20,21)(H,22,23). The fraction of sp³-hybridized carbons (Fsp3) is 0.556. The number of aliphatic carboxylic acids is 1. The first kappa shape index (κ1) is 17.4. The summed E-state index contributed by atoms with van der Waals surface area (Å²) in [5.41, 5.74) is 0.364. The molecule has 4 nitrogen and oxygen atoms in total. The largest absolute Gasteiger partial charge is 0.481 e. The van der Waals surface area contributed by atoms with Gasteiger partial charge in [-0.2, -0.15) is 0 Å². The zero-order valence-electron chi connectivity index (χ0n) is 13.3. The average molecular weight is 321 g/mol. The fourth-order valence-corrected chi connectivity index (χ4v) is 3.09. The topological polar surface area (TPSA) is 66.4 Å². The van der Waals surface area contributed by atoms with Crippen molar-refractivity contribution in [2.45, 2.75) is 44.9 Å². The predicted octanol–water partition coefficient (Wildman–Crippen LogP) is 3.16. The van der Waals surface area contributed by atoms with Gasteiger partial charge < -0.3 is 10.4 Å². The number of carboxylic acid groups (broad SMARTS) is 1. The quantitative estimate of drug-likeness (QED) is 0.791. The minimum Gasteiger partial charge on any atom is -0.481 e. The van der Waals surface area contributed by atoms with E-state index in [0.717, 1.165) is 38.5 Å². The van der Waals surface area contributed by atoms with E-state index in [1.807, 2.05) is 0 Å². The van der Waals surface area contributed by atoms with Crippen LogP contribution in [-0.2, 0) is 16.0 Å². The molecule has 0 aromatic heterocycles. The third kappa shape index (κ3) is 5.34. The molecule has 1 aromatic rings. The maximum Gasteiger partial charge on any atom is 0.308 e. The smallest absolute Gasteiger partial charge is 0.308 e. The molecule has 0 saturated heterocycles. The van der Waals surface area contributed by atoms with E-state index in [-0.39, 0.29) is 24.8 Å². The molecule has 1 aliphatic carbocycles. The second-order valence-corrected chi connectivity index (χ2v) is 6.26. The summed E-state index contributed by atoms with van der Waals surface area (Å²) in [5.74, 6) is -2.32. The molecule has 0 radical (unpaired) electrons. The number of nitrogens with one attached hydrogen (secondary N) is 1. The number of carboxylic acids is 1. The number of hydrogen-bond donors (Lipinski definition) is 2. The van der Waals surface area contributed by atoms with Crippen molar-refractivity contribution in [2.75, 3.05) is 6.54 Å². The zero-order chi connectivity index (χ0) is 16.7. The van der Waals surface area contributed by atoms with Crippen LogP contribution in [0.2, 0.25) is 0 Å². The summed E-state index contributed by atoms with van der Waals surface area (Å²) in [5, 5.41) is 12.1. The minimum absolute atomic E-state index is 0.0135. The van der Waals surface area contributed by atoms with Gasteiger partial charge in [-0.05, 0) is 30.9 Å². The van der Waals surface area contributed by atoms with Gasteiger partial charge in [0, 0.05) is 12.5 Å². The summed E-state index contributed by atoms with van der Waals surface area (Å²) in [6.07, 6.45) is 6.25. The molecule has 2 rings (SSSR count). The number of benzene rings is 1. The first-order valence-electron chi connectivity index (χ1n) is 8.32. The second kappa shape index (κ2) is 8.65.